The SMILES string of the molecule is CCCNC(c1ccccc1OC(C)C)C1CSCCS1. The Morgan fingerprint density at radius 2 is 2.10 bits per heavy atom. The second-order valence-electron chi connectivity index (χ2n) is 5.62. The van der Waals surface area contributed by atoms with E-state index in [0.717, 1.165) is 18.7 Å². The molecule has 1 fully saturated rings. The third kappa shape index (κ3) is 5.11. The van der Waals surface area contributed by atoms with Crippen LogP contribution >= 0.6 is 23.5 Å². The van der Waals surface area contributed by atoms with E-state index in [0.29, 0.717) is 11.3 Å². The minimum atomic E-state index is 0.214. The molecule has 0 bridgehead atoms. The molecule has 2 unspecified atom stereocenters. The van der Waals surface area contributed by atoms with E-state index in [-0.39, 0.29) is 6.10 Å². The van der Waals surface area contributed by atoms with Crippen LogP contribution in [0.4, 0.5) is 0 Å². The van der Waals surface area contributed by atoms with Crippen molar-refractivity contribution in [1.82, 2.24) is 5.32 Å². The van der Waals surface area contributed by atoms with Gasteiger partial charge in [-0.05, 0) is 32.9 Å². The van der Waals surface area contributed by atoms with Gasteiger partial charge in [0.05, 0.1) is 6.10 Å². The van der Waals surface area contributed by atoms with E-state index in [1.165, 1.54) is 22.8 Å². The van der Waals surface area contributed by atoms with Crippen LogP contribution in [0.2, 0.25) is 0 Å². The van der Waals surface area contributed by atoms with Crippen LogP contribution < -0.4 is 10.1 Å². The minimum Gasteiger partial charge on any atom is -0.491 e. The number of hydrogen-bond acceptors (Lipinski definition) is 4. The van der Waals surface area contributed by atoms with E-state index < -0.39 is 0 Å². The van der Waals surface area contributed by atoms with Crippen LogP contribution in [0.5, 0.6) is 5.75 Å². The molecule has 1 heterocycles. The van der Waals surface area contributed by atoms with Gasteiger partial charge in [-0.2, -0.15) is 23.5 Å². The van der Waals surface area contributed by atoms with Crippen LogP contribution in [0.25, 0.3) is 0 Å². The van der Waals surface area contributed by atoms with Gasteiger partial charge in [-0.1, -0.05) is 25.1 Å². The molecule has 2 rings (SSSR count). The van der Waals surface area contributed by atoms with Crippen LogP contribution in [0.3, 0.4) is 0 Å². The Kier molecular flexibility index (Phi) is 7.27. The van der Waals surface area contributed by atoms with Crippen molar-refractivity contribution in [3.63, 3.8) is 0 Å². The van der Waals surface area contributed by atoms with Gasteiger partial charge in [0.2, 0.25) is 0 Å². The summed E-state index contributed by atoms with van der Waals surface area (Å²) in [6, 6.07) is 8.92. The molecule has 0 spiro atoms. The van der Waals surface area contributed by atoms with Crippen molar-refractivity contribution in [1.29, 1.82) is 0 Å². The van der Waals surface area contributed by atoms with E-state index in [2.05, 4.69) is 73.9 Å². The molecule has 2 nitrogen and oxygen atoms in total. The van der Waals surface area contributed by atoms with E-state index in [1.807, 2.05) is 0 Å². The third-order valence-corrected chi connectivity index (χ3v) is 6.31. The first-order chi connectivity index (χ1) is 10.2. The number of hydrogen-bond donors (Lipinski definition) is 1. The molecule has 4 heteroatoms. The standard InChI is InChI=1S/C17H27NOS2/c1-4-9-18-17(16-12-20-10-11-21-16)14-7-5-6-8-15(14)19-13(2)3/h5-8,13,16-18H,4,9-12H2,1-3H3. The molecule has 118 valence electrons. The fourth-order valence-electron chi connectivity index (χ4n) is 2.54. The first-order valence-electron chi connectivity index (χ1n) is 7.90. The predicted molar refractivity (Wildman–Crippen MR) is 96.8 cm³/mol. The predicted octanol–water partition coefficient (Wildman–Crippen LogP) is 4.36. The topological polar surface area (TPSA) is 21.3 Å². The van der Waals surface area contributed by atoms with Crippen molar-refractivity contribution in [2.24, 2.45) is 0 Å². The normalized spacial score (nSPS) is 20.5. The number of thioether (sulfide) groups is 2. The molecule has 0 saturated carbocycles. The van der Waals surface area contributed by atoms with Gasteiger partial charge in [0, 0.05) is 34.1 Å². The highest BCUT2D eigenvalue weighted by Crippen LogP contribution is 2.37. The Hall–Kier alpha value is -0.320. The number of para-hydroxylation sites is 1. The lowest BCUT2D eigenvalue weighted by Gasteiger charge is -2.32. The fourth-order valence-corrected chi connectivity index (χ4v) is 5.40. The van der Waals surface area contributed by atoms with Gasteiger partial charge in [-0.25, -0.2) is 0 Å². The quantitative estimate of drug-likeness (QED) is 0.803. The van der Waals surface area contributed by atoms with Gasteiger partial charge in [0.25, 0.3) is 0 Å². The summed E-state index contributed by atoms with van der Waals surface area (Å²) >= 11 is 4.18. The second-order valence-corrected chi connectivity index (χ2v) is 8.12. The Balaban J connectivity index is 2.22. The van der Waals surface area contributed by atoms with Gasteiger partial charge in [0.15, 0.2) is 0 Å². The molecule has 0 aliphatic carbocycles. The summed E-state index contributed by atoms with van der Waals surface area (Å²) in [6.45, 7) is 7.47. The van der Waals surface area contributed by atoms with Crippen molar-refractivity contribution in [3.05, 3.63) is 29.8 Å². The molecule has 1 aromatic carbocycles. The van der Waals surface area contributed by atoms with Gasteiger partial charge < -0.3 is 10.1 Å². The van der Waals surface area contributed by atoms with Gasteiger partial charge >= 0.3 is 0 Å². The summed E-state index contributed by atoms with van der Waals surface area (Å²) in [4.78, 5) is 0. The molecule has 1 aromatic rings. The van der Waals surface area contributed by atoms with Crippen molar-refractivity contribution in [2.45, 2.75) is 44.6 Å². The average molecular weight is 326 g/mol. The Labute approximate surface area is 137 Å². The molecule has 0 amide bonds. The van der Waals surface area contributed by atoms with Crippen molar-refractivity contribution in [3.8, 4) is 5.75 Å². The maximum absolute atomic E-state index is 6.04. The Morgan fingerprint density at radius 1 is 1.29 bits per heavy atom. The zero-order valence-electron chi connectivity index (χ0n) is 13.3. The highest BCUT2D eigenvalue weighted by Gasteiger charge is 2.27. The summed E-state index contributed by atoms with van der Waals surface area (Å²) in [7, 11) is 0. The molecule has 2 atom stereocenters. The van der Waals surface area contributed by atoms with E-state index >= 15 is 0 Å². The lowest BCUT2D eigenvalue weighted by molar-refractivity contribution is 0.237. The molecule has 1 saturated heterocycles. The Morgan fingerprint density at radius 3 is 2.76 bits per heavy atom. The van der Waals surface area contributed by atoms with Crippen LogP contribution in [0, 0.1) is 0 Å². The molecule has 0 aromatic heterocycles. The van der Waals surface area contributed by atoms with Crippen LogP contribution in [0.1, 0.15) is 38.8 Å². The highest BCUT2D eigenvalue weighted by molar-refractivity contribution is 8.06. The zero-order valence-corrected chi connectivity index (χ0v) is 14.9. The van der Waals surface area contributed by atoms with Gasteiger partial charge in [0.1, 0.15) is 5.75 Å². The zero-order chi connectivity index (χ0) is 15.1. The number of rotatable bonds is 7. The maximum atomic E-state index is 6.04. The summed E-state index contributed by atoms with van der Waals surface area (Å²) < 4.78 is 6.04. The monoisotopic (exact) mass is 325 g/mol. The molecule has 21 heavy (non-hydrogen) atoms. The molecule has 0 radical (unpaired) electrons. The smallest absolute Gasteiger partial charge is 0.124 e. The summed E-state index contributed by atoms with van der Waals surface area (Å²) in [6.07, 6.45) is 1.38. The number of ether oxygens (including phenoxy) is 1. The van der Waals surface area contributed by atoms with Crippen molar-refractivity contribution >= 4 is 23.5 Å². The van der Waals surface area contributed by atoms with Crippen LogP contribution in [0.15, 0.2) is 24.3 Å². The first kappa shape index (κ1) is 17.0. The fraction of sp³-hybridized carbons (Fsp3) is 0.647. The van der Waals surface area contributed by atoms with E-state index in [1.54, 1.807) is 0 Å². The molecular formula is C17H27NOS2. The summed E-state index contributed by atoms with van der Waals surface area (Å²) in [5.74, 6) is 4.80. The maximum Gasteiger partial charge on any atom is 0.124 e. The Bertz CT molecular complexity index is 419. The first-order valence-corrected chi connectivity index (χ1v) is 10.1. The highest BCUT2D eigenvalue weighted by atomic mass is 32.2. The number of benzene rings is 1. The lowest BCUT2D eigenvalue weighted by atomic mass is 10.0. The summed E-state index contributed by atoms with van der Waals surface area (Å²) in [5, 5.41) is 4.39. The van der Waals surface area contributed by atoms with Crippen molar-refractivity contribution in [2.75, 3.05) is 23.8 Å². The molecular weight excluding hydrogens is 298 g/mol. The van der Waals surface area contributed by atoms with Crippen molar-refractivity contribution < 1.29 is 4.74 Å². The largest absolute Gasteiger partial charge is 0.491 e. The van der Waals surface area contributed by atoms with Gasteiger partial charge in [-0.3, -0.25) is 0 Å². The van der Waals surface area contributed by atoms with E-state index in [9.17, 15) is 0 Å². The second kappa shape index (κ2) is 8.96. The van der Waals surface area contributed by atoms with Crippen LogP contribution in [-0.2, 0) is 0 Å². The molecule has 1 aliphatic rings. The summed E-state index contributed by atoms with van der Waals surface area (Å²) in [5.41, 5.74) is 1.32. The van der Waals surface area contributed by atoms with E-state index in [4.69, 9.17) is 4.74 Å². The minimum absolute atomic E-state index is 0.214. The molecule has 1 aliphatic heterocycles. The third-order valence-electron chi connectivity index (χ3n) is 3.44. The lowest BCUT2D eigenvalue weighted by Crippen LogP contribution is -2.34. The number of nitrogens with one attached hydrogen (secondary N) is 1. The molecule has 1 N–H and O–H groups in total. The van der Waals surface area contributed by atoms with Crippen LogP contribution in [-0.4, -0.2) is 35.2 Å². The van der Waals surface area contributed by atoms with Gasteiger partial charge in [-0.15, -0.1) is 0 Å². The average Bonchev–Trinajstić information content (AvgIpc) is 2.50.